The van der Waals surface area contributed by atoms with E-state index in [4.69, 9.17) is 23.2 Å². The van der Waals surface area contributed by atoms with Crippen molar-refractivity contribution >= 4 is 52.1 Å². The van der Waals surface area contributed by atoms with Gasteiger partial charge in [-0.1, -0.05) is 41.4 Å². The van der Waals surface area contributed by atoms with E-state index in [-0.39, 0.29) is 28.7 Å². The van der Waals surface area contributed by atoms with Gasteiger partial charge in [0.2, 0.25) is 17.6 Å². The summed E-state index contributed by atoms with van der Waals surface area (Å²) in [6, 6.07) is 12.4. The van der Waals surface area contributed by atoms with Crippen LogP contribution in [0.5, 0.6) is 0 Å². The molecule has 0 aromatic heterocycles. The van der Waals surface area contributed by atoms with Gasteiger partial charge in [0.15, 0.2) is 0 Å². The fourth-order valence-corrected chi connectivity index (χ4v) is 7.41. The summed E-state index contributed by atoms with van der Waals surface area (Å²) in [5, 5.41) is 14.4. The molecular weight excluding hydrogens is 577 g/mol. The summed E-state index contributed by atoms with van der Waals surface area (Å²) in [5.41, 5.74) is -0.738. The highest BCUT2D eigenvalue weighted by Gasteiger charge is 2.71. The first-order valence-electron chi connectivity index (χ1n) is 13.2. The standard InChI is InChI=1S/C29H22Cl2F2N4O4/c30-15-6-8-18-21(10-15)34-28(39)29(18)25(17-2-1-3-19(31)26(17)33)24-23(36(29)12-14-4-5-14)13-35(27(24)38)16-7-9-22(37(40)41)20(32)11-16/h1-3,6-11,14,23-25H,4-5,12-13H2,(H,34,39)/t23-,24+,25-,29+/m0/s1. The van der Waals surface area contributed by atoms with Crippen LogP contribution in [0.2, 0.25) is 10.0 Å². The van der Waals surface area contributed by atoms with Crippen LogP contribution >= 0.6 is 23.2 Å². The van der Waals surface area contributed by atoms with Gasteiger partial charge in [0.05, 0.1) is 15.9 Å². The molecule has 0 radical (unpaired) electrons. The Hall–Kier alpha value is -3.60. The lowest BCUT2D eigenvalue weighted by atomic mass is 9.71. The van der Waals surface area contributed by atoms with Gasteiger partial charge in [-0.05, 0) is 48.6 Å². The van der Waals surface area contributed by atoms with E-state index in [2.05, 4.69) is 5.32 Å². The number of nitro benzene ring substituents is 1. The molecule has 3 fully saturated rings. The number of nitrogens with zero attached hydrogens (tertiary/aromatic N) is 3. The van der Waals surface area contributed by atoms with E-state index in [0.717, 1.165) is 25.0 Å². The van der Waals surface area contributed by atoms with Crippen molar-refractivity contribution in [1.29, 1.82) is 0 Å². The number of carbonyl (C=O) groups is 2. The van der Waals surface area contributed by atoms with Crippen molar-refractivity contribution in [1.82, 2.24) is 4.90 Å². The van der Waals surface area contributed by atoms with Crippen molar-refractivity contribution in [2.75, 3.05) is 23.3 Å². The Labute approximate surface area is 243 Å². The molecule has 1 saturated carbocycles. The first-order valence-corrected chi connectivity index (χ1v) is 14.0. The van der Waals surface area contributed by atoms with Gasteiger partial charge in [-0.25, -0.2) is 4.39 Å². The Kier molecular flexibility index (Phi) is 5.91. The highest BCUT2D eigenvalue weighted by atomic mass is 35.5. The molecule has 210 valence electrons. The smallest absolute Gasteiger partial charge is 0.304 e. The van der Waals surface area contributed by atoms with Crippen LogP contribution in [0.25, 0.3) is 0 Å². The number of nitrogens with one attached hydrogen (secondary N) is 1. The Bertz CT molecular complexity index is 1670. The molecular formula is C29H22Cl2F2N4O4. The third kappa shape index (κ3) is 3.73. The fourth-order valence-electron chi connectivity index (χ4n) is 7.06. The molecule has 2 amide bonds. The first-order chi connectivity index (χ1) is 19.6. The van der Waals surface area contributed by atoms with Crippen molar-refractivity contribution in [2.24, 2.45) is 11.8 Å². The normalized spacial score (nSPS) is 26.9. The number of likely N-dealkylation sites (tertiary alicyclic amines) is 1. The molecule has 3 aromatic carbocycles. The third-order valence-corrected chi connectivity index (χ3v) is 9.42. The summed E-state index contributed by atoms with van der Waals surface area (Å²) in [7, 11) is 0. The predicted octanol–water partition coefficient (Wildman–Crippen LogP) is 5.87. The van der Waals surface area contributed by atoms with Crippen molar-refractivity contribution in [3.8, 4) is 0 Å². The van der Waals surface area contributed by atoms with Crippen molar-refractivity contribution in [3.05, 3.63) is 97.5 Å². The Morgan fingerprint density at radius 1 is 1.07 bits per heavy atom. The number of amides is 2. The Morgan fingerprint density at radius 3 is 2.56 bits per heavy atom. The van der Waals surface area contributed by atoms with Crippen LogP contribution < -0.4 is 10.2 Å². The summed E-state index contributed by atoms with van der Waals surface area (Å²) in [6.45, 7) is 0.579. The minimum absolute atomic E-state index is 0.0874. The highest BCUT2D eigenvalue weighted by Crippen LogP contribution is 2.62. The van der Waals surface area contributed by atoms with Gasteiger partial charge in [0.25, 0.3) is 0 Å². The summed E-state index contributed by atoms with van der Waals surface area (Å²) < 4.78 is 30.5. The predicted molar refractivity (Wildman–Crippen MR) is 148 cm³/mol. The van der Waals surface area contributed by atoms with Crippen molar-refractivity contribution < 1.29 is 23.3 Å². The maximum Gasteiger partial charge on any atom is 0.304 e. The average molecular weight is 599 g/mol. The lowest BCUT2D eigenvalue weighted by Gasteiger charge is -2.41. The van der Waals surface area contributed by atoms with Gasteiger partial charge < -0.3 is 10.2 Å². The highest BCUT2D eigenvalue weighted by molar-refractivity contribution is 6.31. The molecule has 0 bridgehead atoms. The van der Waals surface area contributed by atoms with E-state index in [1.165, 1.54) is 17.0 Å². The zero-order chi connectivity index (χ0) is 28.8. The molecule has 1 spiro atoms. The van der Waals surface area contributed by atoms with Crippen LogP contribution in [0.1, 0.15) is 29.9 Å². The number of fused-ring (bicyclic) bond motifs is 3. The molecule has 4 atom stereocenters. The molecule has 7 rings (SSSR count). The van der Waals surface area contributed by atoms with Crippen molar-refractivity contribution in [3.63, 3.8) is 0 Å². The van der Waals surface area contributed by atoms with Crippen LogP contribution in [0.3, 0.4) is 0 Å². The van der Waals surface area contributed by atoms with Gasteiger partial charge in [0.1, 0.15) is 11.4 Å². The average Bonchev–Trinajstić information content (AvgIpc) is 3.55. The number of hydrogen-bond donors (Lipinski definition) is 1. The Morgan fingerprint density at radius 2 is 1.85 bits per heavy atom. The summed E-state index contributed by atoms with van der Waals surface area (Å²) in [6.07, 6.45) is 1.92. The van der Waals surface area contributed by atoms with E-state index in [0.29, 0.717) is 28.7 Å². The van der Waals surface area contributed by atoms with E-state index in [9.17, 15) is 24.1 Å². The lowest BCUT2D eigenvalue weighted by molar-refractivity contribution is -0.387. The zero-order valence-electron chi connectivity index (χ0n) is 21.3. The number of nitro groups is 1. The Balaban J connectivity index is 1.43. The number of hydrogen-bond acceptors (Lipinski definition) is 5. The number of benzene rings is 3. The van der Waals surface area contributed by atoms with E-state index in [1.807, 2.05) is 4.90 Å². The van der Waals surface area contributed by atoms with Crippen molar-refractivity contribution in [2.45, 2.75) is 30.3 Å². The quantitative estimate of drug-likeness (QED) is 0.293. The number of anilines is 2. The van der Waals surface area contributed by atoms with Gasteiger partial charge >= 0.3 is 5.69 Å². The first kappa shape index (κ1) is 26.3. The lowest BCUT2D eigenvalue weighted by Crippen LogP contribution is -2.54. The molecule has 12 heteroatoms. The zero-order valence-corrected chi connectivity index (χ0v) is 22.8. The van der Waals surface area contributed by atoms with Crippen LogP contribution in [0, 0.1) is 33.6 Å². The molecule has 1 aliphatic carbocycles. The van der Waals surface area contributed by atoms with E-state index < -0.39 is 51.6 Å². The fraction of sp³-hybridized carbons (Fsp3) is 0.310. The van der Waals surface area contributed by atoms with Gasteiger partial charge in [0, 0.05) is 59.1 Å². The maximum atomic E-state index is 15.9. The number of carbonyl (C=O) groups excluding carboxylic acids is 2. The van der Waals surface area contributed by atoms with Crippen LogP contribution in [-0.2, 0) is 15.1 Å². The molecule has 0 unspecified atom stereocenters. The SMILES string of the molecule is O=C1[C@@H]2[C@H](CN1c1ccc([N+](=O)[O-])c(F)c1)N(CC1CC1)[C@@]1(C(=O)Nc3cc(Cl)ccc31)[C@H]2c1cccc(Cl)c1F. The van der Waals surface area contributed by atoms with E-state index >= 15 is 4.39 Å². The van der Waals surface area contributed by atoms with Gasteiger partial charge in [-0.3, -0.25) is 24.6 Å². The summed E-state index contributed by atoms with van der Waals surface area (Å²) in [5.74, 6) is -4.17. The minimum Gasteiger partial charge on any atom is -0.324 e. The van der Waals surface area contributed by atoms with Crippen LogP contribution in [-0.4, -0.2) is 40.8 Å². The van der Waals surface area contributed by atoms with Crippen LogP contribution in [0.15, 0.2) is 54.6 Å². The second-order valence-electron chi connectivity index (χ2n) is 11.1. The maximum absolute atomic E-state index is 15.9. The topological polar surface area (TPSA) is 95.8 Å². The largest absolute Gasteiger partial charge is 0.324 e. The number of halogens is 4. The number of rotatable bonds is 5. The van der Waals surface area contributed by atoms with E-state index in [1.54, 1.807) is 30.3 Å². The molecule has 2 saturated heterocycles. The second-order valence-corrected chi connectivity index (χ2v) is 11.9. The monoisotopic (exact) mass is 598 g/mol. The molecule has 4 aliphatic rings. The minimum atomic E-state index is -1.42. The summed E-state index contributed by atoms with van der Waals surface area (Å²) >= 11 is 12.5. The third-order valence-electron chi connectivity index (χ3n) is 8.89. The molecule has 1 N–H and O–H groups in total. The molecule has 3 aliphatic heterocycles. The molecule has 3 aromatic rings. The second kappa shape index (κ2) is 9.20. The van der Waals surface area contributed by atoms with Gasteiger partial charge in [-0.2, -0.15) is 4.39 Å². The molecule has 41 heavy (non-hydrogen) atoms. The summed E-state index contributed by atoms with van der Waals surface area (Å²) in [4.78, 5) is 42.2. The molecule has 8 nitrogen and oxygen atoms in total. The molecule has 3 heterocycles. The van der Waals surface area contributed by atoms with Gasteiger partial charge in [-0.15, -0.1) is 0 Å². The van der Waals surface area contributed by atoms with Crippen LogP contribution in [0.4, 0.5) is 25.8 Å².